The number of rotatable bonds is 7. The molecular formula is C17H35AlO2. The number of allylic oxidation sites excluding steroid dienone is 1. The van der Waals surface area contributed by atoms with Gasteiger partial charge in [0.05, 0.1) is 0 Å². The molecule has 0 aliphatic rings. The van der Waals surface area contributed by atoms with Crippen molar-refractivity contribution in [2.24, 2.45) is 17.8 Å². The molecule has 0 amide bonds. The van der Waals surface area contributed by atoms with Gasteiger partial charge in [-0.25, -0.2) is 4.79 Å². The summed E-state index contributed by atoms with van der Waals surface area (Å²) in [7, 11) is 0. The van der Waals surface area contributed by atoms with Crippen molar-refractivity contribution in [1.29, 1.82) is 0 Å². The molecule has 0 aromatic heterocycles. The molecule has 0 atom stereocenters. The first-order chi connectivity index (χ1) is 9.09. The van der Waals surface area contributed by atoms with E-state index in [-0.39, 0.29) is 0 Å². The molecule has 0 aromatic carbocycles. The fraction of sp³-hybridized carbons (Fsp3) is 0.824. The Kier molecular flexibility index (Phi) is 13.7. The molecule has 118 valence electrons. The summed E-state index contributed by atoms with van der Waals surface area (Å²) in [6.45, 7) is 17.5. The van der Waals surface area contributed by atoms with Gasteiger partial charge in [0, 0.05) is 5.57 Å². The standard InChI is InChI=1S/C5H8O2.3C4H9.Al/c1-3-4(2)5(6)7;3*1-4(2)3;/h3H,1-2H3,(H,6,7);3*4H,1H2,2-3H3;/b4-3+;;;;. The highest BCUT2D eigenvalue weighted by molar-refractivity contribution is 6.58. The van der Waals surface area contributed by atoms with Crippen LogP contribution in [0.4, 0.5) is 0 Å². The predicted octanol–water partition coefficient (Wildman–Crippen LogP) is 5.49. The first-order valence-electron chi connectivity index (χ1n) is 7.96. The number of hydrogen-bond acceptors (Lipinski definition) is 1. The van der Waals surface area contributed by atoms with E-state index in [0.717, 1.165) is 17.8 Å². The highest BCUT2D eigenvalue weighted by Crippen LogP contribution is 2.20. The summed E-state index contributed by atoms with van der Waals surface area (Å²) in [5.41, 5.74) is 0.389. The molecule has 0 radical (unpaired) electrons. The van der Waals surface area contributed by atoms with Crippen molar-refractivity contribution < 1.29 is 9.90 Å². The van der Waals surface area contributed by atoms with Gasteiger partial charge in [0.2, 0.25) is 0 Å². The topological polar surface area (TPSA) is 37.3 Å². The smallest absolute Gasteiger partial charge is 0.330 e. The molecule has 2 nitrogen and oxygen atoms in total. The van der Waals surface area contributed by atoms with Crippen LogP contribution in [0.5, 0.6) is 0 Å². The van der Waals surface area contributed by atoms with Crippen LogP contribution in [-0.2, 0) is 4.79 Å². The second-order valence-electron chi connectivity index (χ2n) is 7.03. The summed E-state index contributed by atoms with van der Waals surface area (Å²) in [6.07, 6.45) is 1.56. The van der Waals surface area contributed by atoms with Crippen molar-refractivity contribution in [3.8, 4) is 0 Å². The SMILES string of the molecule is C/C=C(\C)C(=O)O.CC(C)[CH2][Al]([CH2]C(C)C)[CH2]C(C)C. The molecule has 0 aliphatic heterocycles. The highest BCUT2D eigenvalue weighted by atomic mass is 27.2. The second kappa shape index (κ2) is 12.5. The van der Waals surface area contributed by atoms with E-state index in [1.54, 1.807) is 35.8 Å². The first kappa shape index (κ1) is 22.0. The van der Waals surface area contributed by atoms with Crippen molar-refractivity contribution in [3.05, 3.63) is 11.6 Å². The largest absolute Gasteiger partial charge is 0.478 e. The molecule has 0 heterocycles. The summed E-state index contributed by atoms with van der Waals surface area (Å²) < 4.78 is 0. The molecule has 0 saturated heterocycles. The van der Waals surface area contributed by atoms with Crippen molar-refractivity contribution in [2.45, 2.75) is 71.2 Å². The lowest BCUT2D eigenvalue weighted by molar-refractivity contribution is -0.132. The van der Waals surface area contributed by atoms with E-state index in [2.05, 4.69) is 41.5 Å². The third-order valence-corrected chi connectivity index (χ3v) is 8.01. The Morgan fingerprint density at radius 3 is 1.35 bits per heavy atom. The van der Waals surface area contributed by atoms with Gasteiger partial charge >= 0.3 is 5.97 Å². The summed E-state index contributed by atoms with van der Waals surface area (Å²) in [6, 6.07) is 0. The van der Waals surface area contributed by atoms with Crippen molar-refractivity contribution in [2.75, 3.05) is 0 Å². The quantitative estimate of drug-likeness (QED) is 0.498. The molecule has 0 spiro atoms. The zero-order valence-corrected chi connectivity index (χ0v) is 16.0. The van der Waals surface area contributed by atoms with E-state index in [9.17, 15) is 4.79 Å². The zero-order valence-electron chi connectivity index (χ0n) is 14.9. The van der Waals surface area contributed by atoms with Crippen LogP contribution in [0.2, 0.25) is 15.8 Å². The monoisotopic (exact) mass is 298 g/mol. The third kappa shape index (κ3) is 15.8. The first-order valence-corrected chi connectivity index (χ1v) is 10.4. The number of carbonyl (C=O) groups is 1. The Bertz CT molecular complexity index is 257. The van der Waals surface area contributed by atoms with Crippen LogP contribution in [-0.4, -0.2) is 25.2 Å². The van der Waals surface area contributed by atoms with Crippen LogP contribution in [0.1, 0.15) is 55.4 Å². The summed E-state index contributed by atoms with van der Waals surface area (Å²) in [4.78, 5) is 9.86. The van der Waals surface area contributed by atoms with Gasteiger partial charge in [-0.05, 0) is 13.8 Å². The molecule has 0 bridgehead atoms. The van der Waals surface area contributed by atoms with Crippen LogP contribution in [0, 0.1) is 17.8 Å². The Labute approximate surface area is 131 Å². The lowest BCUT2D eigenvalue weighted by Gasteiger charge is -2.17. The zero-order chi connectivity index (χ0) is 16.3. The summed E-state index contributed by atoms with van der Waals surface area (Å²) in [5, 5.41) is 12.8. The maximum absolute atomic E-state index is 9.86. The molecular weight excluding hydrogens is 263 g/mol. The van der Waals surface area contributed by atoms with E-state index in [1.807, 2.05) is 0 Å². The van der Waals surface area contributed by atoms with Gasteiger partial charge in [-0.2, -0.15) is 0 Å². The van der Waals surface area contributed by atoms with E-state index >= 15 is 0 Å². The molecule has 0 aliphatic carbocycles. The number of aliphatic carboxylic acids is 1. The maximum Gasteiger partial charge on any atom is 0.330 e. The normalized spacial score (nSPS) is 11.7. The Morgan fingerprint density at radius 1 is 0.950 bits per heavy atom. The lowest BCUT2D eigenvalue weighted by Crippen LogP contribution is -2.19. The minimum Gasteiger partial charge on any atom is -0.478 e. The molecule has 20 heavy (non-hydrogen) atoms. The Morgan fingerprint density at radius 2 is 1.25 bits per heavy atom. The highest BCUT2D eigenvalue weighted by Gasteiger charge is 2.20. The van der Waals surface area contributed by atoms with Gasteiger partial charge in [-0.3, -0.25) is 0 Å². The molecule has 0 unspecified atom stereocenters. The van der Waals surface area contributed by atoms with E-state index in [0.29, 0.717) is 5.57 Å². The van der Waals surface area contributed by atoms with E-state index in [1.165, 1.54) is 0 Å². The van der Waals surface area contributed by atoms with Gasteiger partial charge < -0.3 is 5.11 Å². The van der Waals surface area contributed by atoms with Crippen LogP contribution in [0.3, 0.4) is 0 Å². The Balaban J connectivity index is 0. The third-order valence-electron chi connectivity index (χ3n) is 3.18. The van der Waals surface area contributed by atoms with Crippen LogP contribution in [0.15, 0.2) is 11.6 Å². The van der Waals surface area contributed by atoms with Crippen molar-refractivity contribution >= 4 is 20.1 Å². The van der Waals surface area contributed by atoms with Gasteiger partial charge in [0.25, 0.3) is 14.1 Å². The molecule has 3 heteroatoms. The van der Waals surface area contributed by atoms with Gasteiger partial charge in [-0.1, -0.05) is 81.2 Å². The van der Waals surface area contributed by atoms with Gasteiger partial charge in [0.1, 0.15) is 0 Å². The fourth-order valence-corrected chi connectivity index (χ4v) is 6.99. The van der Waals surface area contributed by atoms with E-state index in [4.69, 9.17) is 5.11 Å². The van der Waals surface area contributed by atoms with Crippen LogP contribution >= 0.6 is 0 Å². The van der Waals surface area contributed by atoms with Crippen LogP contribution in [0.25, 0.3) is 0 Å². The number of carboxylic acid groups (broad SMARTS) is 1. The second-order valence-corrected chi connectivity index (χ2v) is 10.2. The minimum atomic E-state index is -0.845. The molecule has 0 rings (SSSR count). The fourth-order valence-electron chi connectivity index (χ4n) is 2.41. The van der Waals surface area contributed by atoms with Gasteiger partial charge in [0.15, 0.2) is 0 Å². The number of hydrogen-bond donors (Lipinski definition) is 1. The maximum atomic E-state index is 9.86. The predicted molar refractivity (Wildman–Crippen MR) is 91.8 cm³/mol. The average Bonchev–Trinajstić information content (AvgIpc) is 2.25. The van der Waals surface area contributed by atoms with E-state index < -0.39 is 20.1 Å². The summed E-state index contributed by atoms with van der Waals surface area (Å²) in [5.74, 6) is 1.93. The Hall–Kier alpha value is -0.258. The lowest BCUT2D eigenvalue weighted by atomic mass is 10.2. The van der Waals surface area contributed by atoms with Gasteiger partial charge in [-0.15, -0.1) is 0 Å². The van der Waals surface area contributed by atoms with Crippen molar-refractivity contribution in [1.82, 2.24) is 0 Å². The minimum absolute atomic E-state index is 0.389. The van der Waals surface area contributed by atoms with Crippen molar-refractivity contribution in [3.63, 3.8) is 0 Å². The summed E-state index contributed by atoms with van der Waals surface area (Å²) >= 11 is -0.407. The number of carboxylic acids is 1. The molecule has 0 aromatic rings. The molecule has 0 saturated carbocycles. The molecule has 0 fully saturated rings. The average molecular weight is 298 g/mol. The molecule has 1 N–H and O–H groups in total. The van der Waals surface area contributed by atoms with Crippen LogP contribution < -0.4 is 0 Å².